The molecular formula is C20H10Cl3NO3S. The monoisotopic (exact) mass is 449 g/mol. The Morgan fingerprint density at radius 1 is 0.893 bits per heavy atom. The molecule has 1 fully saturated rings. The van der Waals surface area contributed by atoms with Gasteiger partial charge >= 0.3 is 0 Å². The summed E-state index contributed by atoms with van der Waals surface area (Å²) in [5.74, 6) is 0.513. The van der Waals surface area contributed by atoms with Crippen LogP contribution in [0.25, 0.3) is 17.4 Å². The van der Waals surface area contributed by atoms with Gasteiger partial charge in [0, 0.05) is 21.7 Å². The van der Waals surface area contributed by atoms with Crippen LogP contribution in [0.2, 0.25) is 15.1 Å². The van der Waals surface area contributed by atoms with E-state index in [1.54, 1.807) is 54.6 Å². The molecule has 0 atom stereocenters. The minimum atomic E-state index is -0.420. The first-order valence-electron chi connectivity index (χ1n) is 8.01. The number of benzene rings is 2. The Kier molecular flexibility index (Phi) is 5.25. The van der Waals surface area contributed by atoms with Crippen LogP contribution in [0.4, 0.5) is 10.5 Å². The van der Waals surface area contributed by atoms with Crippen molar-refractivity contribution in [1.29, 1.82) is 0 Å². The smallest absolute Gasteiger partial charge is 0.298 e. The summed E-state index contributed by atoms with van der Waals surface area (Å²) >= 11 is 18.9. The highest BCUT2D eigenvalue weighted by Crippen LogP contribution is 2.37. The first-order chi connectivity index (χ1) is 13.4. The molecule has 28 heavy (non-hydrogen) atoms. The van der Waals surface area contributed by atoms with E-state index in [2.05, 4.69) is 0 Å². The number of furan rings is 1. The van der Waals surface area contributed by atoms with Gasteiger partial charge in [-0.25, -0.2) is 4.90 Å². The summed E-state index contributed by atoms with van der Waals surface area (Å²) in [6.07, 6.45) is 1.53. The second-order valence-corrected chi connectivity index (χ2v) is 8.09. The number of thioether (sulfide) groups is 1. The van der Waals surface area contributed by atoms with E-state index in [1.165, 1.54) is 6.08 Å². The maximum Gasteiger partial charge on any atom is 0.298 e. The molecule has 0 spiro atoms. The fourth-order valence-corrected chi connectivity index (χ4v) is 4.00. The van der Waals surface area contributed by atoms with E-state index in [0.717, 1.165) is 16.7 Å². The molecule has 4 nitrogen and oxygen atoms in total. The van der Waals surface area contributed by atoms with E-state index in [1.807, 2.05) is 0 Å². The molecule has 0 unspecified atom stereocenters. The molecule has 0 aliphatic carbocycles. The largest absolute Gasteiger partial charge is 0.457 e. The molecule has 2 heterocycles. The van der Waals surface area contributed by atoms with Gasteiger partial charge in [-0.2, -0.15) is 0 Å². The number of hydrogen-bond donors (Lipinski definition) is 0. The molecule has 3 aromatic rings. The third-order valence-electron chi connectivity index (χ3n) is 3.97. The van der Waals surface area contributed by atoms with Crippen LogP contribution >= 0.6 is 46.6 Å². The molecule has 0 saturated carbocycles. The lowest BCUT2D eigenvalue weighted by atomic mass is 10.2. The minimum Gasteiger partial charge on any atom is -0.457 e. The molecule has 1 aliphatic rings. The fourth-order valence-electron chi connectivity index (χ4n) is 2.67. The van der Waals surface area contributed by atoms with Crippen molar-refractivity contribution in [3.8, 4) is 11.3 Å². The third-order valence-corrected chi connectivity index (χ3v) is 5.66. The summed E-state index contributed by atoms with van der Waals surface area (Å²) < 4.78 is 5.78. The van der Waals surface area contributed by atoms with Gasteiger partial charge in [0.2, 0.25) is 0 Å². The van der Waals surface area contributed by atoms with Crippen LogP contribution in [0, 0.1) is 0 Å². The molecule has 1 aromatic heterocycles. The normalized spacial score (nSPS) is 15.7. The number of rotatable bonds is 3. The average molecular weight is 451 g/mol. The number of imide groups is 1. The average Bonchev–Trinajstić information content (AvgIpc) is 3.23. The Hall–Kier alpha value is -2.18. The molecule has 4 rings (SSSR count). The van der Waals surface area contributed by atoms with Gasteiger partial charge in [-0.15, -0.1) is 0 Å². The number of carbonyl (C=O) groups is 2. The first-order valence-corrected chi connectivity index (χ1v) is 9.96. The van der Waals surface area contributed by atoms with Crippen LogP contribution in [0.3, 0.4) is 0 Å². The van der Waals surface area contributed by atoms with Crippen molar-refractivity contribution in [3.05, 3.63) is 80.3 Å². The van der Waals surface area contributed by atoms with Crippen LogP contribution in [-0.2, 0) is 4.79 Å². The van der Waals surface area contributed by atoms with Gasteiger partial charge in [-0.05, 0) is 66.4 Å². The van der Waals surface area contributed by atoms with Crippen molar-refractivity contribution in [2.75, 3.05) is 4.90 Å². The van der Waals surface area contributed by atoms with Crippen LogP contribution < -0.4 is 4.90 Å². The van der Waals surface area contributed by atoms with E-state index in [-0.39, 0.29) is 10.1 Å². The van der Waals surface area contributed by atoms with Crippen LogP contribution in [-0.4, -0.2) is 11.1 Å². The molecule has 140 valence electrons. The fraction of sp³-hybridized carbons (Fsp3) is 0. The van der Waals surface area contributed by atoms with E-state index in [0.29, 0.717) is 37.8 Å². The summed E-state index contributed by atoms with van der Waals surface area (Å²) in [7, 11) is 0. The van der Waals surface area contributed by atoms with Crippen LogP contribution in [0.5, 0.6) is 0 Å². The molecule has 8 heteroatoms. The van der Waals surface area contributed by atoms with Crippen LogP contribution in [0.1, 0.15) is 5.76 Å². The Bertz CT molecular complexity index is 1120. The standard InChI is InChI=1S/C20H10Cl3NO3S/c21-11-1-4-13(5-2-11)24-19(25)18(28-20(24)26)10-14-6-8-17(27-14)15-9-12(22)3-7-16(15)23/h1-10H/b18-10-. The van der Waals surface area contributed by atoms with Crippen LogP contribution in [0.15, 0.2) is 63.9 Å². The zero-order valence-electron chi connectivity index (χ0n) is 14.0. The Balaban J connectivity index is 1.62. The Morgan fingerprint density at radius 2 is 1.61 bits per heavy atom. The zero-order valence-corrected chi connectivity index (χ0v) is 17.1. The van der Waals surface area contributed by atoms with Gasteiger partial charge in [0.25, 0.3) is 11.1 Å². The second kappa shape index (κ2) is 7.68. The molecule has 2 aromatic carbocycles. The zero-order chi connectivity index (χ0) is 19.8. The SMILES string of the molecule is O=C1S/C(=C\c2ccc(-c3cc(Cl)ccc3Cl)o2)C(=O)N1c1ccc(Cl)cc1. The Labute approximate surface area is 179 Å². The van der Waals surface area contributed by atoms with Crippen molar-refractivity contribution >= 4 is 69.5 Å². The summed E-state index contributed by atoms with van der Waals surface area (Å²) in [6.45, 7) is 0. The van der Waals surface area contributed by atoms with Gasteiger partial charge < -0.3 is 4.42 Å². The van der Waals surface area contributed by atoms with Gasteiger partial charge in [0.05, 0.1) is 15.6 Å². The van der Waals surface area contributed by atoms with E-state index in [9.17, 15) is 9.59 Å². The number of hydrogen-bond acceptors (Lipinski definition) is 4. The van der Waals surface area contributed by atoms with Gasteiger partial charge in [0.1, 0.15) is 11.5 Å². The summed E-state index contributed by atoms with van der Waals surface area (Å²) in [5.41, 5.74) is 1.10. The highest BCUT2D eigenvalue weighted by Gasteiger charge is 2.36. The molecular weight excluding hydrogens is 441 g/mol. The molecule has 0 radical (unpaired) electrons. The van der Waals surface area contributed by atoms with E-state index >= 15 is 0 Å². The quantitative estimate of drug-likeness (QED) is 0.398. The summed E-state index contributed by atoms with van der Waals surface area (Å²) in [5, 5.41) is 1.16. The highest BCUT2D eigenvalue weighted by atomic mass is 35.5. The maximum atomic E-state index is 12.7. The van der Waals surface area contributed by atoms with Crippen molar-refractivity contribution in [2.45, 2.75) is 0 Å². The maximum absolute atomic E-state index is 12.7. The summed E-state index contributed by atoms with van der Waals surface area (Å²) in [4.78, 5) is 26.4. The third kappa shape index (κ3) is 3.71. The van der Waals surface area contributed by atoms with Crippen molar-refractivity contribution in [1.82, 2.24) is 0 Å². The lowest BCUT2D eigenvalue weighted by Gasteiger charge is -2.11. The van der Waals surface area contributed by atoms with Crippen molar-refractivity contribution < 1.29 is 14.0 Å². The lowest BCUT2D eigenvalue weighted by Crippen LogP contribution is -2.27. The molecule has 0 bridgehead atoms. The van der Waals surface area contributed by atoms with E-state index < -0.39 is 5.91 Å². The minimum absolute atomic E-state index is 0.262. The van der Waals surface area contributed by atoms with E-state index in [4.69, 9.17) is 39.2 Å². The topological polar surface area (TPSA) is 50.5 Å². The predicted molar refractivity (Wildman–Crippen MR) is 114 cm³/mol. The van der Waals surface area contributed by atoms with Gasteiger partial charge in [-0.3, -0.25) is 9.59 Å². The highest BCUT2D eigenvalue weighted by molar-refractivity contribution is 8.19. The number of nitrogens with zero attached hydrogens (tertiary/aromatic N) is 1. The molecule has 1 aliphatic heterocycles. The predicted octanol–water partition coefficient (Wildman–Crippen LogP) is 7.15. The second-order valence-electron chi connectivity index (χ2n) is 5.82. The number of anilines is 1. The number of amides is 2. The molecule has 2 amide bonds. The number of carbonyl (C=O) groups excluding carboxylic acids is 2. The van der Waals surface area contributed by atoms with Gasteiger partial charge in [-0.1, -0.05) is 34.8 Å². The van der Waals surface area contributed by atoms with Crippen molar-refractivity contribution in [3.63, 3.8) is 0 Å². The van der Waals surface area contributed by atoms with Gasteiger partial charge in [0.15, 0.2) is 0 Å². The number of halogens is 3. The Morgan fingerprint density at radius 3 is 2.36 bits per heavy atom. The molecule has 0 N–H and O–H groups in total. The van der Waals surface area contributed by atoms with Crippen molar-refractivity contribution in [2.24, 2.45) is 0 Å². The lowest BCUT2D eigenvalue weighted by molar-refractivity contribution is -0.113. The molecule has 1 saturated heterocycles. The first kappa shape index (κ1) is 19.2. The summed E-state index contributed by atoms with van der Waals surface area (Å²) in [6, 6.07) is 15.0.